The zero-order valence-corrected chi connectivity index (χ0v) is 26.3. The molecule has 2 aromatic rings. The van der Waals surface area contributed by atoms with Crippen molar-refractivity contribution in [3.63, 3.8) is 0 Å². The summed E-state index contributed by atoms with van der Waals surface area (Å²) in [6.07, 6.45) is 17.5. The molecule has 4 rings (SSSR count). The van der Waals surface area contributed by atoms with Crippen molar-refractivity contribution in [1.82, 2.24) is 5.32 Å². The summed E-state index contributed by atoms with van der Waals surface area (Å²) in [5.74, 6) is 0.725. The van der Waals surface area contributed by atoms with Gasteiger partial charge in [-0.2, -0.15) is 0 Å². The van der Waals surface area contributed by atoms with Crippen LogP contribution in [0.15, 0.2) is 132 Å². The highest BCUT2D eigenvalue weighted by Gasteiger charge is 2.35. The molecular weight excluding hydrogens is 498 g/mol. The van der Waals surface area contributed by atoms with Crippen LogP contribution < -0.4 is 10.2 Å². The van der Waals surface area contributed by atoms with Gasteiger partial charge < -0.3 is 5.32 Å². The van der Waals surface area contributed by atoms with E-state index in [-0.39, 0.29) is 10.8 Å². The predicted molar refractivity (Wildman–Crippen MR) is 181 cm³/mol. The van der Waals surface area contributed by atoms with Crippen LogP contribution in [0.3, 0.4) is 0 Å². The second-order valence-electron chi connectivity index (χ2n) is 11.1. The highest BCUT2D eigenvalue weighted by molar-refractivity contribution is 6.07. The van der Waals surface area contributed by atoms with E-state index in [1.807, 2.05) is 32.0 Å². The van der Waals surface area contributed by atoms with E-state index in [0.29, 0.717) is 0 Å². The van der Waals surface area contributed by atoms with Crippen molar-refractivity contribution in [2.45, 2.75) is 72.6 Å². The monoisotopic (exact) mass is 545 g/mol. The molecule has 2 aromatic carbocycles. The van der Waals surface area contributed by atoms with Gasteiger partial charge in [-0.3, -0.25) is 4.90 Å². The van der Waals surface area contributed by atoms with Crippen molar-refractivity contribution in [2.24, 2.45) is 4.99 Å². The SMILES string of the molecule is C=CN=C(C=C)N(/C(C)=C/C1=C(\CC)N/C=C2/C=C\C=C/c3c(cccc3C1(C)C)C2(C)C)c1ccccc1.CC. The molecule has 214 valence electrons. The largest absolute Gasteiger partial charge is 0.364 e. The van der Waals surface area contributed by atoms with Crippen LogP contribution in [0.2, 0.25) is 0 Å². The van der Waals surface area contributed by atoms with Crippen molar-refractivity contribution in [2.75, 3.05) is 4.90 Å². The van der Waals surface area contributed by atoms with Gasteiger partial charge in [-0.05, 0) is 65.5 Å². The van der Waals surface area contributed by atoms with Crippen molar-refractivity contribution >= 4 is 17.6 Å². The van der Waals surface area contributed by atoms with Crippen LogP contribution in [-0.2, 0) is 10.8 Å². The van der Waals surface area contributed by atoms with E-state index in [0.717, 1.165) is 23.6 Å². The Balaban J connectivity index is 0.00000226. The van der Waals surface area contributed by atoms with Crippen LogP contribution in [0.25, 0.3) is 6.08 Å². The minimum absolute atomic E-state index is 0.151. The first-order valence-corrected chi connectivity index (χ1v) is 14.7. The summed E-state index contributed by atoms with van der Waals surface area (Å²) >= 11 is 0. The van der Waals surface area contributed by atoms with Crippen LogP contribution >= 0.6 is 0 Å². The van der Waals surface area contributed by atoms with Crippen molar-refractivity contribution in [3.8, 4) is 0 Å². The van der Waals surface area contributed by atoms with Crippen molar-refractivity contribution < 1.29 is 0 Å². The molecule has 1 aliphatic heterocycles. The first kappa shape index (κ1) is 31.4. The molecule has 3 nitrogen and oxygen atoms in total. The normalized spacial score (nSPS) is 21.9. The second-order valence-corrected chi connectivity index (χ2v) is 11.1. The van der Waals surface area contributed by atoms with E-state index >= 15 is 0 Å². The summed E-state index contributed by atoms with van der Waals surface area (Å²) in [5.41, 5.74) is 9.22. The Morgan fingerprint density at radius 2 is 1.54 bits per heavy atom. The zero-order valence-electron chi connectivity index (χ0n) is 26.3. The van der Waals surface area contributed by atoms with Crippen LogP contribution in [-0.4, -0.2) is 5.84 Å². The topological polar surface area (TPSA) is 27.6 Å². The van der Waals surface area contributed by atoms with E-state index in [1.54, 1.807) is 12.3 Å². The molecule has 0 atom stereocenters. The van der Waals surface area contributed by atoms with Gasteiger partial charge in [0, 0.05) is 40.3 Å². The fourth-order valence-electron chi connectivity index (χ4n) is 5.73. The Hall–Kier alpha value is -4.11. The fourth-order valence-corrected chi connectivity index (χ4v) is 5.73. The van der Waals surface area contributed by atoms with Gasteiger partial charge in [0.2, 0.25) is 0 Å². The van der Waals surface area contributed by atoms with E-state index in [1.165, 1.54) is 33.5 Å². The number of fused-ring (bicyclic) bond motifs is 1. The quantitative estimate of drug-likeness (QED) is 0.289. The third-order valence-corrected chi connectivity index (χ3v) is 7.93. The minimum Gasteiger partial charge on any atom is -0.364 e. The summed E-state index contributed by atoms with van der Waals surface area (Å²) < 4.78 is 0. The summed E-state index contributed by atoms with van der Waals surface area (Å²) in [7, 11) is 0. The third kappa shape index (κ3) is 6.30. The van der Waals surface area contributed by atoms with Gasteiger partial charge in [-0.25, -0.2) is 4.99 Å². The van der Waals surface area contributed by atoms with Gasteiger partial charge >= 0.3 is 0 Å². The van der Waals surface area contributed by atoms with Gasteiger partial charge in [-0.15, -0.1) is 0 Å². The molecule has 0 radical (unpaired) electrons. The maximum atomic E-state index is 4.55. The molecule has 0 saturated carbocycles. The predicted octanol–water partition coefficient (Wildman–Crippen LogP) is 10.1. The Morgan fingerprint density at radius 1 is 0.902 bits per heavy atom. The summed E-state index contributed by atoms with van der Waals surface area (Å²) in [6.45, 7) is 25.5. The second kappa shape index (κ2) is 13.5. The maximum Gasteiger partial charge on any atom is 0.136 e. The molecule has 0 unspecified atom stereocenters. The number of hydrogen-bond donors (Lipinski definition) is 1. The molecule has 0 saturated heterocycles. The van der Waals surface area contributed by atoms with Gasteiger partial charge in [-0.1, -0.05) is 122 Å². The lowest BCUT2D eigenvalue weighted by Crippen LogP contribution is -2.32. The Bertz CT molecular complexity index is 1440. The minimum atomic E-state index is -0.300. The van der Waals surface area contributed by atoms with Crippen LogP contribution in [0.4, 0.5) is 5.69 Å². The lowest BCUT2D eigenvalue weighted by Gasteiger charge is -2.38. The van der Waals surface area contributed by atoms with Gasteiger partial charge in [0.15, 0.2) is 0 Å². The number of amidine groups is 1. The summed E-state index contributed by atoms with van der Waals surface area (Å²) in [6, 6.07) is 17.1. The highest BCUT2D eigenvalue weighted by Crippen LogP contribution is 2.44. The molecule has 1 aliphatic carbocycles. The maximum absolute atomic E-state index is 4.55. The molecule has 3 heteroatoms. The number of nitrogens with one attached hydrogen (secondary N) is 1. The summed E-state index contributed by atoms with van der Waals surface area (Å²) in [5, 5.41) is 3.75. The van der Waals surface area contributed by atoms with Crippen molar-refractivity contribution in [1.29, 1.82) is 0 Å². The van der Waals surface area contributed by atoms with E-state index in [9.17, 15) is 0 Å². The highest BCUT2D eigenvalue weighted by atomic mass is 15.2. The van der Waals surface area contributed by atoms with Crippen LogP contribution in [0, 0.1) is 0 Å². The molecular formula is C38H47N3. The molecule has 0 amide bonds. The van der Waals surface area contributed by atoms with Crippen LogP contribution in [0.1, 0.15) is 78.5 Å². The fraction of sp³-hybridized carbons (Fsp3) is 0.289. The first-order valence-electron chi connectivity index (χ1n) is 14.7. The Kier molecular flexibility index (Phi) is 10.3. The zero-order chi connectivity index (χ0) is 30.2. The number of nitrogens with zero attached hydrogens (tertiary/aromatic N) is 2. The van der Waals surface area contributed by atoms with Gasteiger partial charge in [0.1, 0.15) is 5.84 Å². The lowest BCUT2D eigenvalue weighted by molar-refractivity contribution is 0.592. The number of benzene rings is 2. The molecule has 0 aromatic heterocycles. The average molecular weight is 546 g/mol. The molecule has 0 fully saturated rings. The van der Waals surface area contributed by atoms with Gasteiger partial charge in [0.05, 0.1) is 0 Å². The Morgan fingerprint density at radius 3 is 2.15 bits per heavy atom. The molecule has 2 aliphatic rings. The Labute approximate surface area is 248 Å². The number of allylic oxidation sites excluding steroid dienone is 8. The van der Waals surface area contributed by atoms with E-state index in [4.69, 9.17) is 0 Å². The third-order valence-electron chi connectivity index (χ3n) is 7.93. The lowest BCUT2D eigenvalue weighted by atomic mass is 9.68. The first-order chi connectivity index (χ1) is 19.7. The van der Waals surface area contributed by atoms with Crippen LogP contribution in [0.5, 0.6) is 0 Å². The summed E-state index contributed by atoms with van der Waals surface area (Å²) in [4.78, 5) is 6.69. The van der Waals surface area contributed by atoms with Gasteiger partial charge in [0.25, 0.3) is 0 Å². The smallest absolute Gasteiger partial charge is 0.136 e. The van der Waals surface area contributed by atoms with E-state index in [2.05, 4.69) is 137 Å². The van der Waals surface area contributed by atoms with E-state index < -0.39 is 0 Å². The standard InChI is InChI=1S/C36H41N3.C2H6/c1-9-33-32(24-26(4)39(34(10-2)37-11-3)28-19-13-12-14-20-28)36(7,8)31-23-17-22-30-29(31)21-16-15-18-27(25-38-33)35(30,5)6;1-2/h10-25,38H,2-3,9H2,1,4-8H3;1-2H3/b18-15-,21-16-,26-24+,27-25-,33-32-,37-34?;. The molecule has 1 N–H and O–H groups in total. The molecule has 41 heavy (non-hydrogen) atoms. The average Bonchev–Trinajstić information content (AvgIpc) is 2.97. The number of anilines is 1. The number of para-hydroxylation sites is 1. The molecule has 0 spiro atoms. The molecule has 1 heterocycles. The number of hydrogen-bond acceptors (Lipinski definition) is 2. The number of aliphatic imine (C=N–C) groups is 1. The molecule has 4 bridgehead atoms. The van der Waals surface area contributed by atoms with Crippen molar-refractivity contribution in [3.05, 3.63) is 144 Å². The number of rotatable bonds is 6.